The van der Waals surface area contributed by atoms with Crippen LogP contribution in [0.1, 0.15) is 60.3 Å². The largest absolute Gasteiger partial charge is 0.449 e. The normalized spacial score (nSPS) is 13.4. The van der Waals surface area contributed by atoms with Crippen LogP contribution in [0.3, 0.4) is 0 Å². The second-order valence-corrected chi connectivity index (χ2v) is 8.75. The summed E-state index contributed by atoms with van der Waals surface area (Å²) in [6.07, 6.45) is -1.07. The summed E-state index contributed by atoms with van der Waals surface area (Å²) in [5.41, 5.74) is 4.89. The van der Waals surface area contributed by atoms with E-state index in [1.807, 2.05) is 63.2 Å². The van der Waals surface area contributed by atoms with E-state index in [9.17, 15) is 19.2 Å². The molecule has 0 aromatic heterocycles. The lowest BCUT2D eigenvalue weighted by Gasteiger charge is -2.17. The minimum Gasteiger partial charge on any atom is -0.449 e. The second-order valence-electron chi connectivity index (χ2n) is 8.75. The third-order valence-corrected chi connectivity index (χ3v) is 5.97. The number of amides is 3. The molecule has 3 aromatic carbocycles. The maximum Gasteiger partial charge on any atom is 0.338 e. The highest BCUT2D eigenvalue weighted by molar-refractivity contribution is 6.21. The lowest BCUT2D eigenvalue weighted by molar-refractivity contribution is -0.123. The summed E-state index contributed by atoms with van der Waals surface area (Å²) in [7, 11) is 0. The molecule has 0 spiro atoms. The van der Waals surface area contributed by atoms with Gasteiger partial charge in [-0.3, -0.25) is 19.3 Å². The number of fused-ring (bicyclic) bond motifs is 1. The first-order chi connectivity index (χ1) is 16.7. The molecule has 1 aliphatic heterocycles. The van der Waals surface area contributed by atoms with Gasteiger partial charge in [0.1, 0.15) is 0 Å². The molecular formula is C28H26N2O5. The third-order valence-electron chi connectivity index (χ3n) is 5.97. The van der Waals surface area contributed by atoms with Gasteiger partial charge >= 0.3 is 5.97 Å². The van der Waals surface area contributed by atoms with Crippen LogP contribution in [0.25, 0.3) is 0 Å². The molecule has 35 heavy (non-hydrogen) atoms. The quantitative estimate of drug-likeness (QED) is 0.420. The number of benzene rings is 3. The molecule has 0 radical (unpaired) electrons. The molecule has 0 fully saturated rings. The van der Waals surface area contributed by atoms with Crippen LogP contribution in [0.5, 0.6) is 0 Å². The Kier molecular flexibility index (Phi) is 6.51. The Morgan fingerprint density at radius 3 is 2.17 bits per heavy atom. The SMILES string of the molecule is Cc1cc(C)c(NC(=O)C(C)OC(=O)c2ccc3c(c2)C(=O)N(Cc2ccccc2)C3=O)c(C)c1. The van der Waals surface area contributed by atoms with Crippen molar-refractivity contribution in [1.82, 2.24) is 4.90 Å². The summed E-state index contributed by atoms with van der Waals surface area (Å²) in [6, 6.07) is 17.3. The molecule has 1 heterocycles. The highest BCUT2D eigenvalue weighted by atomic mass is 16.5. The molecule has 1 N–H and O–H groups in total. The van der Waals surface area contributed by atoms with Gasteiger partial charge in [-0.15, -0.1) is 0 Å². The molecular weight excluding hydrogens is 444 g/mol. The average molecular weight is 471 g/mol. The van der Waals surface area contributed by atoms with Gasteiger partial charge in [-0.25, -0.2) is 4.79 Å². The molecule has 4 rings (SSSR count). The number of anilines is 1. The smallest absolute Gasteiger partial charge is 0.338 e. The van der Waals surface area contributed by atoms with E-state index < -0.39 is 29.8 Å². The summed E-state index contributed by atoms with van der Waals surface area (Å²) in [4.78, 5) is 52.2. The fourth-order valence-corrected chi connectivity index (χ4v) is 4.21. The van der Waals surface area contributed by atoms with Crippen LogP contribution in [-0.2, 0) is 16.1 Å². The van der Waals surface area contributed by atoms with E-state index in [1.54, 1.807) is 0 Å². The molecule has 0 aliphatic carbocycles. The molecule has 1 unspecified atom stereocenters. The second kappa shape index (κ2) is 9.54. The average Bonchev–Trinajstić information content (AvgIpc) is 3.06. The van der Waals surface area contributed by atoms with Gasteiger partial charge in [-0.2, -0.15) is 0 Å². The monoisotopic (exact) mass is 470 g/mol. The van der Waals surface area contributed by atoms with E-state index in [0.717, 1.165) is 27.2 Å². The van der Waals surface area contributed by atoms with Crippen LogP contribution in [0, 0.1) is 20.8 Å². The Labute approximate surface area is 203 Å². The number of carbonyl (C=O) groups excluding carboxylic acids is 4. The summed E-state index contributed by atoms with van der Waals surface area (Å²) in [5, 5.41) is 2.82. The number of carbonyl (C=O) groups is 4. The number of hydrogen-bond acceptors (Lipinski definition) is 5. The number of imide groups is 1. The maximum atomic E-state index is 12.9. The fourth-order valence-electron chi connectivity index (χ4n) is 4.21. The van der Waals surface area contributed by atoms with Gasteiger partial charge < -0.3 is 10.1 Å². The summed E-state index contributed by atoms with van der Waals surface area (Å²) >= 11 is 0. The summed E-state index contributed by atoms with van der Waals surface area (Å²) < 4.78 is 5.36. The van der Waals surface area contributed by atoms with Gasteiger partial charge in [-0.05, 0) is 62.6 Å². The molecule has 1 atom stereocenters. The molecule has 1 aliphatic rings. The Bertz CT molecular complexity index is 1320. The van der Waals surface area contributed by atoms with Crippen molar-refractivity contribution in [2.45, 2.75) is 40.3 Å². The Hall–Kier alpha value is -4.26. The van der Waals surface area contributed by atoms with Crippen molar-refractivity contribution in [2.75, 3.05) is 5.32 Å². The zero-order valence-corrected chi connectivity index (χ0v) is 20.0. The van der Waals surface area contributed by atoms with Crippen molar-refractivity contribution in [2.24, 2.45) is 0 Å². The fraction of sp³-hybridized carbons (Fsp3) is 0.214. The van der Waals surface area contributed by atoms with Crippen molar-refractivity contribution in [3.05, 3.63) is 99.6 Å². The lowest BCUT2D eigenvalue weighted by Crippen LogP contribution is -2.30. The van der Waals surface area contributed by atoms with Crippen molar-refractivity contribution in [3.8, 4) is 0 Å². The first-order valence-corrected chi connectivity index (χ1v) is 11.3. The van der Waals surface area contributed by atoms with E-state index in [0.29, 0.717) is 5.69 Å². The zero-order valence-electron chi connectivity index (χ0n) is 20.0. The molecule has 178 valence electrons. The van der Waals surface area contributed by atoms with Crippen LogP contribution in [0.2, 0.25) is 0 Å². The number of rotatable bonds is 6. The Morgan fingerprint density at radius 2 is 1.51 bits per heavy atom. The Balaban J connectivity index is 1.46. The van der Waals surface area contributed by atoms with Gasteiger partial charge in [0.2, 0.25) is 0 Å². The van der Waals surface area contributed by atoms with E-state index in [4.69, 9.17) is 4.74 Å². The molecule has 7 nitrogen and oxygen atoms in total. The van der Waals surface area contributed by atoms with Crippen LogP contribution in [0.15, 0.2) is 60.7 Å². The van der Waals surface area contributed by atoms with Crippen molar-refractivity contribution in [1.29, 1.82) is 0 Å². The molecule has 3 amide bonds. The van der Waals surface area contributed by atoms with Crippen molar-refractivity contribution < 1.29 is 23.9 Å². The van der Waals surface area contributed by atoms with Crippen molar-refractivity contribution >= 4 is 29.4 Å². The van der Waals surface area contributed by atoms with Gasteiger partial charge in [0.05, 0.1) is 23.2 Å². The van der Waals surface area contributed by atoms with Crippen LogP contribution in [0.4, 0.5) is 5.69 Å². The molecule has 0 saturated heterocycles. The van der Waals surface area contributed by atoms with Gasteiger partial charge in [0.15, 0.2) is 6.10 Å². The lowest BCUT2D eigenvalue weighted by atomic mass is 10.0. The number of aryl methyl sites for hydroxylation is 3. The number of nitrogens with zero attached hydrogens (tertiary/aromatic N) is 1. The molecule has 3 aromatic rings. The molecule has 0 bridgehead atoms. The highest BCUT2D eigenvalue weighted by Gasteiger charge is 2.36. The standard InChI is InChI=1S/C28H26N2O5/c1-16-12-17(2)24(18(3)13-16)29-25(31)19(4)35-28(34)21-10-11-22-23(14-21)27(33)30(26(22)32)15-20-8-6-5-7-9-20/h5-14,19H,15H2,1-4H3,(H,29,31). The predicted octanol–water partition coefficient (Wildman–Crippen LogP) is 4.59. The molecule has 0 saturated carbocycles. The topological polar surface area (TPSA) is 92.8 Å². The number of nitrogens with one attached hydrogen (secondary N) is 1. The van der Waals surface area contributed by atoms with Crippen LogP contribution in [-0.4, -0.2) is 34.7 Å². The first kappa shape index (κ1) is 23.9. The number of ether oxygens (including phenoxy) is 1. The van der Waals surface area contributed by atoms with E-state index in [-0.39, 0.29) is 23.2 Å². The third kappa shape index (κ3) is 4.84. The van der Waals surface area contributed by atoms with E-state index in [2.05, 4.69) is 5.32 Å². The summed E-state index contributed by atoms with van der Waals surface area (Å²) in [5.74, 6) is -2.10. The minimum atomic E-state index is -1.07. The first-order valence-electron chi connectivity index (χ1n) is 11.3. The van der Waals surface area contributed by atoms with Gasteiger partial charge in [0, 0.05) is 5.69 Å². The van der Waals surface area contributed by atoms with Crippen LogP contribution >= 0.6 is 0 Å². The van der Waals surface area contributed by atoms with Gasteiger partial charge in [0.25, 0.3) is 17.7 Å². The zero-order chi connectivity index (χ0) is 25.3. The van der Waals surface area contributed by atoms with Gasteiger partial charge in [-0.1, -0.05) is 48.0 Å². The van der Waals surface area contributed by atoms with E-state index in [1.165, 1.54) is 25.1 Å². The van der Waals surface area contributed by atoms with Crippen LogP contribution < -0.4 is 5.32 Å². The number of hydrogen-bond donors (Lipinski definition) is 1. The highest BCUT2D eigenvalue weighted by Crippen LogP contribution is 2.26. The van der Waals surface area contributed by atoms with Crippen molar-refractivity contribution in [3.63, 3.8) is 0 Å². The predicted molar refractivity (Wildman–Crippen MR) is 131 cm³/mol. The Morgan fingerprint density at radius 1 is 0.886 bits per heavy atom. The minimum absolute atomic E-state index is 0.0915. The maximum absolute atomic E-state index is 12.9. The summed E-state index contributed by atoms with van der Waals surface area (Å²) in [6.45, 7) is 7.40. The number of esters is 1. The molecule has 7 heteroatoms. The van der Waals surface area contributed by atoms with E-state index >= 15 is 0 Å².